The lowest BCUT2D eigenvalue weighted by molar-refractivity contribution is -0.385. The first kappa shape index (κ1) is 13.1. The molecular formula is C13H15N3O3. The first-order valence-electron chi connectivity index (χ1n) is 5.95. The van der Waals surface area contributed by atoms with Crippen LogP contribution >= 0.6 is 0 Å². The van der Waals surface area contributed by atoms with Crippen LogP contribution in [0.5, 0.6) is 5.75 Å². The smallest absolute Gasteiger partial charge is 0.310 e. The molecule has 100 valence electrons. The average molecular weight is 261 g/mol. The molecule has 0 N–H and O–H groups in total. The van der Waals surface area contributed by atoms with E-state index in [0.717, 1.165) is 11.4 Å². The number of rotatable bonds is 5. The number of hydrogen-bond acceptors (Lipinski definition) is 4. The highest BCUT2D eigenvalue weighted by molar-refractivity contribution is 5.45. The largest absolute Gasteiger partial charge is 0.485 e. The molecule has 19 heavy (non-hydrogen) atoms. The van der Waals surface area contributed by atoms with E-state index < -0.39 is 4.92 Å². The van der Waals surface area contributed by atoms with Crippen molar-refractivity contribution in [2.45, 2.75) is 20.4 Å². The van der Waals surface area contributed by atoms with Crippen molar-refractivity contribution in [2.24, 2.45) is 0 Å². The monoisotopic (exact) mass is 261 g/mol. The minimum absolute atomic E-state index is 0.0177. The lowest BCUT2D eigenvalue weighted by Gasteiger charge is -2.07. The van der Waals surface area contributed by atoms with Crippen LogP contribution in [-0.2, 0) is 6.54 Å². The van der Waals surface area contributed by atoms with Gasteiger partial charge in [-0.25, -0.2) is 0 Å². The third kappa shape index (κ3) is 3.09. The SMILES string of the molecule is Cc1cc(C)n(CCOc2ccccc2[N+](=O)[O-])n1. The summed E-state index contributed by atoms with van der Waals surface area (Å²) < 4.78 is 7.29. The Hall–Kier alpha value is -2.37. The minimum Gasteiger partial charge on any atom is -0.485 e. The van der Waals surface area contributed by atoms with Crippen LogP contribution in [0.3, 0.4) is 0 Å². The minimum atomic E-state index is -0.446. The van der Waals surface area contributed by atoms with E-state index in [9.17, 15) is 10.1 Å². The van der Waals surface area contributed by atoms with Crippen molar-refractivity contribution >= 4 is 5.69 Å². The van der Waals surface area contributed by atoms with Crippen LogP contribution in [0.25, 0.3) is 0 Å². The summed E-state index contributed by atoms with van der Waals surface area (Å²) in [4.78, 5) is 10.4. The standard InChI is InChI=1S/C13H15N3O3/c1-10-9-11(2)15(14-10)7-8-19-13-6-4-3-5-12(13)16(17)18/h3-6,9H,7-8H2,1-2H3. The Morgan fingerprint density at radius 1 is 1.37 bits per heavy atom. The molecular weight excluding hydrogens is 246 g/mol. The first-order chi connectivity index (χ1) is 9.08. The number of benzene rings is 1. The van der Waals surface area contributed by atoms with E-state index in [1.807, 2.05) is 24.6 Å². The highest BCUT2D eigenvalue weighted by atomic mass is 16.6. The Kier molecular flexibility index (Phi) is 3.79. The number of nitro groups is 1. The van der Waals surface area contributed by atoms with Gasteiger partial charge in [0, 0.05) is 11.8 Å². The number of aromatic nitrogens is 2. The van der Waals surface area contributed by atoms with Gasteiger partial charge in [-0.05, 0) is 26.0 Å². The van der Waals surface area contributed by atoms with Gasteiger partial charge in [-0.3, -0.25) is 14.8 Å². The van der Waals surface area contributed by atoms with E-state index in [-0.39, 0.29) is 11.4 Å². The summed E-state index contributed by atoms with van der Waals surface area (Å²) >= 11 is 0. The van der Waals surface area contributed by atoms with E-state index in [4.69, 9.17) is 4.74 Å². The normalized spacial score (nSPS) is 10.4. The van der Waals surface area contributed by atoms with E-state index in [1.54, 1.807) is 18.2 Å². The summed E-state index contributed by atoms with van der Waals surface area (Å²) in [5, 5.41) is 15.1. The maximum atomic E-state index is 10.8. The molecule has 0 bridgehead atoms. The maximum Gasteiger partial charge on any atom is 0.310 e. The second-order valence-electron chi connectivity index (χ2n) is 4.22. The van der Waals surface area contributed by atoms with E-state index >= 15 is 0 Å². The van der Waals surface area contributed by atoms with Gasteiger partial charge in [0.15, 0.2) is 5.75 Å². The molecule has 0 aliphatic heterocycles. The summed E-state index contributed by atoms with van der Waals surface area (Å²) in [5.41, 5.74) is 1.97. The Balaban J connectivity index is 2.00. The van der Waals surface area contributed by atoms with Crippen molar-refractivity contribution in [3.05, 3.63) is 51.8 Å². The second-order valence-corrected chi connectivity index (χ2v) is 4.22. The molecule has 2 aromatic rings. The lowest BCUT2D eigenvalue weighted by Crippen LogP contribution is -2.11. The number of para-hydroxylation sites is 2. The zero-order valence-electron chi connectivity index (χ0n) is 10.9. The molecule has 1 aromatic carbocycles. The van der Waals surface area contributed by atoms with Crippen molar-refractivity contribution < 1.29 is 9.66 Å². The summed E-state index contributed by atoms with van der Waals surface area (Å²) in [6, 6.07) is 8.33. The quantitative estimate of drug-likeness (QED) is 0.612. The van der Waals surface area contributed by atoms with Gasteiger partial charge in [0.05, 0.1) is 17.2 Å². The highest BCUT2D eigenvalue weighted by Crippen LogP contribution is 2.25. The molecule has 2 rings (SSSR count). The molecule has 0 unspecified atom stereocenters. The zero-order valence-corrected chi connectivity index (χ0v) is 10.9. The van der Waals surface area contributed by atoms with Crippen LogP contribution in [0, 0.1) is 24.0 Å². The Labute approximate surface area is 110 Å². The Bertz CT molecular complexity index is 593. The van der Waals surface area contributed by atoms with Crippen molar-refractivity contribution in [2.75, 3.05) is 6.61 Å². The highest BCUT2D eigenvalue weighted by Gasteiger charge is 2.13. The number of hydrogen-bond donors (Lipinski definition) is 0. The van der Waals surface area contributed by atoms with Crippen molar-refractivity contribution in [1.29, 1.82) is 0 Å². The topological polar surface area (TPSA) is 70.2 Å². The predicted octanol–water partition coefficient (Wildman–Crippen LogP) is 2.49. The second kappa shape index (κ2) is 5.51. The van der Waals surface area contributed by atoms with Crippen LogP contribution in [0.2, 0.25) is 0 Å². The van der Waals surface area contributed by atoms with E-state index in [1.165, 1.54) is 6.07 Å². The molecule has 1 aromatic heterocycles. The van der Waals surface area contributed by atoms with Gasteiger partial charge in [0.1, 0.15) is 6.61 Å². The van der Waals surface area contributed by atoms with Gasteiger partial charge >= 0.3 is 5.69 Å². The number of nitrogens with zero attached hydrogens (tertiary/aromatic N) is 3. The molecule has 0 saturated heterocycles. The molecule has 0 saturated carbocycles. The zero-order chi connectivity index (χ0) is 13.8. The molecule has 0 radical (unpaired) electrons. The first-order valence-corrected chi connectivity index (χ1v) is 5.95. The van der Waals surface area contributed by atoms with Gasteiger partial charge in [-0.2, -0.15) is 5.10 Å². The molecule has 6 heteroatoms. The van der Waals surface area contributed by atoms with Crippen LogP contribution in [0.1, 0.15) is 11.4 Å². The molecule has 1 heterocycles. The van der Waals surface area contributed by atoms with E-state index in [0.29, 0.717) is 13.2 Å². The van der Waals surface area contributed by atoms with Crippen LogP contribution in [0.4, 0.5) is 5.69 Å². The molecule has 0 amide bonds. The van der Waals surface area contributed by atoms with Crippen molar-refractivity contribution in [3.8, 4) is 5.75 Å². The van der Waals surface area contributed by atoms with Crippen LogP contribution < -0.4 is 4.74 Å². The number of nitro benzene ring substituents is 1. The lowest BCUT2D eigenvalue weighted by atomic mass is 10.3. The third-order valence-corrected chi connectivity index (χ3v) is 2.73. The van der Waals surface area contributed by atoms with Gasteiger partial charge in [0.25, 0.3) is 0 Å². The molecule has 0 atom stereocenters. The van der Waals surface area contributed by atoms with Gasteiger partial charge in [-0.1, -0.05) is 12.1 Å². The van der Waals surface area contributed by atoms with Crippen molar-refractivity contribution in [3.63, 3.8) is 0 Å². The van der Waals surface area contributed by atoms with Crippen LogP contribution in [0.15, 0.2) is 30.3 Å². The van der Waals surface area contributed by atoms with Gasteiger partial charge in [0.2, 0.25) is 0 Å². The third-order valence-electron chi connectivity index (χ3n) is 2.73. The van der Waals surface area contributed by atoms with Crippen molar-refractivity contribution in [1.82, 2.24) is 9.78 Å². The summed E-state index contributed by atoms with van der Waals surface area (Å²) in [6.45, 7) is 4.79. The number of aryl methyl sites for hydroxylation is 2. The van der Waals surface area contributed by atoms with Gasteiger partial charge < -0.3 is 4.74 Å². The van der Waals surface area contributed by atoms with Crippen LogP contribution in [-0.4, -0.2) is 21.3 Å². The fourth-order valence-electron chi connectivity index (χ4n) is 1.87. The maximum absolute atomic E-state index is 10.8. The molecule has 0 aliphatic rings. The fraction of sp³-hybridized carbons (Fsp3) is 0.308. The predicted molar refractivity (Wildman–Crippen MR) is 70.3 cm³/mol. The summed E-state index contributed by atoms with van der Waals surface area (Å²) in [6.07, 6.45) is 0. The average Bonchev–Trinajstić information content (AvgIpc) is 2.68. The molecule has 0 aliphatic carbocycles. The van der Waals surface area contributed by atoms with E-state index in [2.05, 4.69) is 5.10 Å². The Morgan fingerprint density at radius 3 is 2.74 bits per heavy atom. The molecule has 6 nitrogen and oxygen atoms in total. The van der Waals surface area contributed by atoms with Gasteiger partial charge in [-0.15, -0.1) is 0 Å². The molecule has 0 fully saturated rings. The Morgan fingerprint density at radius 2 is 2.11 bits per heavy atom. The number of ether oxygens (including phenoxy) is 1. The fourth-order valence-corrected chi connectivity index (χ4v) is 1.87. The molecule has 0 spiro atoms. The summed E-state index contributed by atoms with van der Waals surface area (Å²) in [7, 11) is 0. The summed E-state index contributed by atoms with van der Waals surface area (Å²) in [5.74, 6) is 0.286.